The fourth-order valence-electron chi connectivity index (χ4n) is 4.58. The molecule has 0 spiro atoms. The maximum Gasteiger partial charge on any atom is 0.464 e. The van der Waals surface area contributed by atoms with E-state index in [1.165, 1.54) is 11.3 Å². The lowest BCUT2D eigenvalue weighted by Gasteiger charge is -2.32. The highest BCUT2D eigenvalue weighted by atomic mass is 32.1. The second-order valence-corrected chi connectivity index (χ2v) is 10.7. The Labute approximate surface area is 171 Å². The largest absolute Gasteiger partial charge is 0.464 e. The summed E-state index contributed by atoms with van der Waals surface area (Å²) in [6, 6.07) is 4.04. The molecule has 28 heavy (non-hydrogen) atoms. The van der Waals surface area contributed by atoms with Gasteiger partial charge in [-0.15, -0.1) is 11.3 Å². The highest BCUT2D eigenvalue weighted by molar-refractivity contribution is 7.15. The average molecular weight is 397 g/mol. The standard InChI is InChI=1S/C21H28BN3O2S/c1-19(2)20(3,4)27-22(26-19)21-7-10-25(13-16(21)11-21)14-17-12-24-18(28-17)15-5-8-23-9-6-15/h5-6,8-9,12,16H,7,10-11,13-14H2,1-4H3. The van der Waals surface area contributed by atoms with Crippen molar-refractivity contribution in [3.63, 3.8) is 0 Å². The zero-order chi connectivity index (χ0) is 19.6. The molecule has 7 heteroatoms. The molecule has 148 valence electrons. The maximum absolute atomic E-state index is 6.40. The number of nitrogens with zero attached hydrogens (tertiary/aromatic N) is 3. The average Bonchev–Trinajstić information content (AvgIpc) is 3.12. The van der Waals surface area contributed by atoms with Gasteiger partial charge in [0.15, 0.2) is 0 Å². The normalized spacial score (nSPS) is 31.0. The van der Waals surface area contributed by atoms with E-state index in [4.69, 9.17) is 9.31 Å². The topological polar surface area (TPSA) is 47.5 Å². The molecular weight excluding hydrogens is 369 g/mol. The van der Waals surface area contributed by atoms with Crippen LogP contribution in [0.25, 0.3) is 10.6 Å². The summed E-state index contributed by atoms with van der Waals surface area (Å²) >= 11 is 1.79. The van der Waals surface area contributed by atoms with Crippen molar-refractivity contribution in [2.24, 2.45) is 5.92 Å². The zero-order valence-electron chi connectivity index (χ0n) is 17.1. The molecule has 3 aliphatic rings. The third kappa shape index (κ3) is 3.03. The van der Waals surface area contributed by atoms with Gasteiger partial charge < -0.3 is 9.31 Å². The van der Waals surface area contributed by atoms with E-state index in [1.54, 1.807) is 11.3 Å². The van der Waals surface area contributed by atoms with Crippen LogP contribution in [-0.2, 0) is 15.9 Å². The maximum atomic E-state index is 6.40. The summed E-state index contributed by atoms with van der Waals surface area (Å²) in [5.74, 6) is 0.684. The first-order valence-corrected chi connectivity index (χ1v) is 11.0. The lowest BCUT2D eigenvalue weighted by molar-refractivity contribution is 0.00578. The highest BCUT2D eigenvalue weighted by Crippen LogP contribution is 2.69. The first kappa shape index (κ1) is 18.7. The molecule has 0 aromatic carbocycles. The molecule has 3 fully saturated rings. The quantitative estimate of drug-likeness (QED) is 0.722. The third-order valence-electron chi connectivity index (χ3n) is 7.23. The van der Waals surface area contributed by atoms with E-state index in [0.717, 1.165) is 36.6 Å². The Morgan fingerprint density at radius 3 is 2.57 bits per heavy atom. The van der Waals surface area contributed by atoms with E-state index in [1.807, 2.05) is 30.7 Å². The van der Waals surface area contributed by atoms with Gasteiger partial charge in [-0.3, -0.25) is 9.88 Å². The van der Waals surface area contributed by atoms with E-state index in [0.29, 0.717) is 5.92 Å². The molecule has 4 heterocycles. The zero-order valence-corrected chi connectivity index (χ0v) is 18.0. The van der Waals surface area contributed by atoms with Crippen molar-refractivity contribution in [1.29, 1.82) is 0 Å². The number of rotatable bonds is 4. The van der Waals surface area contributed by atoms with Gasteiger partial charge in [-0.1, -0.05) is 0 Å². The van der Waals surface area contributed by atoms with Crippen LogP contribution in [0, 0.1) is 5.92 Å². The van der Waals surface area contributed by atoms with Crippen LogP contribution in [-0.4, -0.2) is 46.3 Å². The number of piperidine rings is 1. The molecule has 1 saturated carbocycles. The second-order valence-electron chi connectivity index (χ2n) is 9.58. The van der Waals surface area contributed by atoms with Gasteiger partial charge >= 0.3 is 7.12 Å². The van der Waals surface area contributed by atoms with E-state index in [2.05, 4.69) is 42.6 Å². The summed E-state index contributed by atoms with van der Waals surface area (Å²) in [6.07, 6.45) is 8.06. The fourth-order valence-corrected chi connectivity index (χ4v) is 5.54. The minimum atomic E-state index is -0.233. The fraction of sp³-hybridized carbons (Fsp3) is 0.619. The molecule has 5 rings (SSSR count). The number of hydrogen-bond donors (Lipinski definition) is 0. The number of hydrogen-bond acceptors (Lipinski definition) is 6. The molecular formula is C21H28BN3O2S. The van der Waals surface area contributed by atoms with Gasteiger partial charge in [0.2, 0.25) is 0 Å². The summed E-state index contributed by atoms with van der Waals surface area (Å²) in [7, 11) is -0.0497. The molecule has 5 nitrogen and oxygen atoms in total. The molecule has 1 aliphatic carbocycles. The number of aromatic nitrogens is 2. The number of likely N-dealkylation sites (tertiary alicyclic amines) is 1. The molecule has 2 atom stereocenters. The summed E-state index contributed by atoms with van der Waals surface area (Å²) in [4.78, 5) is 12.6. The van der Waals surface area contributed by atoms with Gasteiger partial charge in [-0.25, -0.2) is 4.98 Å². The van der Waals surface area contributed by atoms with E-state index in [9.17, 15) is 0 Å². The monoisotopic (exact) mass is 397 g/mol. The lowest BCUT2D eigenvalue weighted by atomic mass is 9.63. The van der Waals surface area contributed by atoms with Crippen molar-refractivity contribution in [3.8, 4) is 10.6 Å². The van der Waals surface area contributed by atoms with Gasteiger partial charge in [0.05, 0.1) is 11.2 Å². The van der Waals surface area contributed by atoms with E-state index in [-0.39, 0.29) is 23.6 Å². The minimum Gasteiger partial charge on any atom is -0.403 e. The van der Waals surface area contributed by atoms with Gasteiger partial charge in [0.25, 0.3) is 0 Å². The molecule has 0 bridgehead atoms. The van der Waals surface area contributed by atoms with Crippen LogP contribution in [0.4, 0.5) is 0 Å². The van der Waals surface area contributed by atoms with Crippen molar-refractivity contribution in [3.05, 3.63) is 35.6 Å². The van der Waals surface area contributed by atoms with Gasteiger partial charge in [0, 0.05) is 47.4 Å². The van der Waals surface area contributed by atoms with Crippen molar-refractivity contribution in [2.75, 3.05) is 13.1 Å². The van der Waals surface area contributed by atoms with E-state index >= 15 is 0 Å². The van der Waals surface area contributed by atoms with Gasteiger partial charge in [-0.05, 0) is 65.1 Å². The Bertz CT molecular complexity index is 856. The Morgan fingerprint density at radius 2 is 1.89 bits per heavy atom. The summed E-state index contributed by atoms with van der Waals surface area (Å²) in [5, 5.41) is 1.31. The molecule has 2 aliphatic heterocycles. The Balaban J connectivity index is 1.22. The molecule has 0 amide bonds. The summed E-state index contributed by atoms with van der Waals surface area (Å²) in [6.45, 7) is 11.8. The second kappa shape index (κ2) is 6.36. The highest BCUT2D eigenvalue weighted by Gasteiger charge is 2.70. The van der Waals surface area contributed by atoms with Crippen LogP contribution in [0.1, 0.15) is 45.4 Å². The minimum absolute atomic E-state index is 0.0497. The SMILES string of the molecule is CC1(C)OB(C23CCN(Cc4cnc(-c5ccncc5)s4)CC2C3)OC1(C)C. The first-order valence-electron chi connectivity index (χ1n) is 10.2. The van der Waals surface area contributed by atoms with Gasteiger partial charge in [-0.2, -0.15) is 0 Å². The number of pyridine rings is 1. The molecule has 2 aromatic rings. The van der Waals surface area contributed by atoms with E-state index < -0.39 is 0 Å². The van der Waals surface area contributed by atoms with Crippen molar-refractivity contribution >= 4 is 18.5 Å². The Morgan fingerprint density at radius 1 is 1.18 bits per heavy atom. The van der Waals surface area contributed by atoms with Crippen LogP contribution in [0.3, 0.4) is 0 Å². The van der Waals surface area contributed by atoms with Crippen LogP contribution in [0.5, 0.6) is 0 Å². The molecule has 2 unspecified atom stereocenters. The molecule has 0 N–H and O–H groups in total. The Hall–Kier alpha value is -1.28. The third-order valence-corrected chi connectivity index (χ3v) is 8.27. The Kier molecular flexibility index (Phi) is 4.26. The lowest BCUT2D eigenvalue weighted by Crippen LogP contribution is -2.41. The number of thiazole rings is 1. The van der Waals surface area contributed by atoms with Crippen LogP contribution < -0.4 is 0 Å². The molecule has 0 radical (unpaired) electrons. The first-order chi connectivity index (χ1) is 13.3. The summed E-state index contributed by atoms with van der Waals surface area (Å²) < 4.78 is 12.8. The van der Waals surface area contributed by atoms with Crippen LogP contribution >= 0.6 is 11.3 Å². The van der Waals surface area contributed by atoms with Crippen molar-refractivity contribution in [1.82, 2.24) is 14.9 Å². The summed E-state index contributed by atoms with van der Waals surface area (Å²) in [5.41, 5.74) is 0.678. The predicted octanol–water partition coefficient (Wildman–Crippen LogP) is 4.26. The van der Waals surface area contributed by atoms with Crippen LogP contribution in [0.2, 0.25) is 5.31 Å². The van der Waals surface area contributed by atoms with Crippen molar-refractivity contribution < 1.29 is 9.31 Å². The predicted molar refractivity (Wildman–Crippen MR) is 112 cm³/mol. The smallest absolute Gasteiger partial charge is 0.403 e. The van der Waals surface area contributed by atoms with Crippen molar-refractivity contribution in [2.45, 2.75) is 63.6 Å². The number of fused-ring (bicyclic) bond motifs is 1. The van der Waals surface area contributed by atoms with Gasteiger partial charge in [0.1, 0.15) is 5.01 Å². The molecule has 2 aromatic heterocycles. The van der Waals surface area contributed by atoms with Crippen LogP contribution in [0.15, 0.2) is 30.7 Å². The molecule has 2 saturated heterocycles.